The summed E-state index contributed by atoms with van der Waals surface area (Å²) < 4.78 is 18.6. The van der Waals surface area contributed by atoms with E-state index >= 15 is 0 Å². The number of carbonyl (C=O) groups is 1. The number of fused-ring (bicyclic) bond motifs is 1. The summed E-state index contributed by atoms with van der Waals surface area (Å²) in [7, 11) is 1.64. The van der Waals surface area contributed by atoms with Gasteiger partial charge in [0.25, 0.3) is 0 Å². The Kier molecular flexibility index (Phi) is 8.07. The van der Waals surface area contributed by atoms with E-state index in [9.17, 15) is 9.18 Å². The van der Waals surface area contributed by atoms with Gasteiger partial charge < -0.3 is 15.0 Å². The first kappa shape index (κ1) is 25.9. The van der Waals surface area contributed by atoms with Gasteiger partial charge in [-0.05, 0) is 72.6 Å². The topological polar surface area (TPSA) is 67.3 Å². The van der Waals surface area contributed by atoms with Crippen LogP contribution in [0.5, 0.6) is 5.75 Å². The quantitative estimate of drug-likeness (QED) is 0.227. The van der Waals surface area contributed by atoms with E-state index in [4.69, 9.17) is 14.7 Å². The summed E-state index contributed by atoms with van der Waals surface area (Å²) in [5.74, 6) is 1.64. The zero-order chi connectivity index (χ0) is 27.0. The molecule has 0 bridgehead atoms. The smallest absolute Gasteiger partial charge is 0.226 e. The Hall–Kier alpha value is -4.78. The zero-order valence-corrected chi connectivity index (χ0v) is 21.7. The van der Waals surface area contributed by atoms with Crippen LogP contribution >= 0.6 is 0 Å². The number of halogens is 1. The standard InChI is InChI=1S/C32H29FN4O2/c1-39-27-17-11-24(12-18-27)31-35-29-10-6-5-9-28(29)32(36-31)37(21-19-23-7-3-2-4-8-23)22-20-30(38)34-26-15-13-25(33)14-16-26/h2-18H,19-22H2,1H3,(H,34,38). The number of rotatable bonds is 10. The lowest BCUT2D eigenvalue weighted by molar-refractivity contribution is -0.116. The fourth-order valence-corrected chi connectivity index (χ4v) is 4.40. The van der Waals surface area contributed by atoms with E-state index in [-0.39, 0.29) is 18.1 Å². The van der Waals surface area contributed by atoms with Gasteiger partial charge in [-0.2, -0.15) is 0 Å². The number of hydrogen-bond donors (Lipinski definition) is 1. The van der Waals surface area contributed by atoms with Crippen molar-refractivity contribution in [2.24, 2.45) is 0 Å². The first-order chi connectivity index (χ1) is 19.1. The molecule has 0 spiro atoms. The molecule has 0 aliphatic heterocycles. The summed E-state index contributed by atoms with van der Waals surface area (Å²) in [5, 5.41) is 3.78. The van der Waals surface area contributed by atoms with Crippen molar-refractivity contribution >= 4 is 28.3 Å². The largest absolute Gasteiger partial charge is 0.497 e. The molecule has 1 N–H and O–H groups in total. The molecule has 0 radical (unpaired) electrons. The summed E-state index contributed by atoms with van der Waals surface area (Å²) >= 11 is 0. The van der Waals surface area contributed by atoms with E-state index < -0.39 is 0 Å². The highest BCUT2D eigenvalue weighted by Crippen LogP contribution is 2.29. The number of nitrogens with one attached hydrogen (secondary N) is 1. The molecule has 0 unspecified atom stereocenters. The minimum atomic E-state index is -0.344. The number of aromatic nitrogens is 2. The van der Waals surface area contributed by atoms with Crippen molar-refractivity contribution in [1.82, 2.24) is 9.97 Å². The van der Waals surface area contributed by atoms with Gasteiger partial charge in [-0.1, -0.05) is 42.5 Å². The summed E-state index contributed by atoms with van der Waals surface area (Å²) in [6.45, 7) is 1.11. The number of benzene rings is 4. The molecule has 0 aliphatic carbocycles. The minimum Gasteiger partial charge on any atom is -0.497 e. The van der Waals surface area contributed by atoms with E-state index in [2.05, 4.69) is 22.3 Å². The lowest BCUT2D eigenvalue weighted by Gasteiger charge is -2.25. The van der Waals surface area contributed by atoms with Crippen LogP contribution in [-0.2, 0) is 11.2 Å². The van der Waals surface area contributed by atoms with Crippen LogP contribution in [0.4, 0.5) is 15.9 Å². The van der Waals surface area contributed by atoms with Gasteiger partial charge in [-0.3, -0.25) is 4.79 Å². The average molecular weight is 521 g/mol. The van der Waals surface area contributed by atoms with Gasteiger partial charge in [0.1, 0.15) is 17.4 Å². The van der Waals surface area contributed by atoms with Crippen LogP contribution < -0.4 is 15.0 Å². The zero-order valence-electron chi connectivity index (χ0n) is 21.7. The first-order valence-electron chi connectivity index (χ1n) is 12.8. The Balaban J connectivity index is 1.46. The highest BCUT2D eigenvalue weighted by molar-refractivity contribution is 5.93. The minimum absolute atomic E-state index is 0.153. The van der Waals surface area contributed by atoms with Gasteiger partial charge in [-0.25, -0.2) is 14.4 Å². The van der Waals surface area contributed by atoms with Crippen molar-refractivity contribution < 1.29 is 13.9 Å². The molecule has 1 aromatic heterocycles. The third-order valence-corrected chi connectivity index (χ3v) is 6.48. The van der Waals surface area contributed by atoms with E-state index in [1.165, 1.54) is 17.7 Å². The summed E-state index contributed by atoms with van der Waals surface area (Å²) in [5.41, 5.74) is 3.46. The molecule has 39 heavy (non-hydrogen) atoms. The van der Waals surface area contributed by atoms with Crippen LogP contribution in [0.2, 0.25) is 0 Å². The Morgan fingerprint density at radius 1 is 0.846 bits per heavy atom. The summed E-state index contributed by atoms with van der Waals surface area (Å²) in [6, 6.07) is 31.6. The third kappa shape index (κ3) is 6.57. The number of methoxy groups -OCH3 is 1. The molecule has 196 valence electrons. The Morgan fingerprint density at radius 3 is 2.31 bits per heavy atom. The molecule has 7 heteroatoms. The van der Waals surface area contributed by atoms with Crippen LogP contribution in [0.3, 0.4) is 0 Å². The van der Waals surface area contributed by atoms with E-state index in [0.29, 0.717) is 24.6 Å². The maximum Gasteiger partial charge on any atom is 0.226 e. The third-order valence-electron chi connectivity index (χ3n) is 6.48. The van der Waals surface area contributed by atoms with Crippen molar-refractivity contribution in [2.45, 2.75) is 12.8 Å². The first-order valence-corrected chi connectivity index (χ1v) is 12.8. The molecule has 5 rings (SSSR count). The number of hydrogen-bond acceptors (Lipinski definition) is 5. The van der Waals surface area contributed by atoms with E-state index in [0.717, 1.165) is 34.5 Å². The Bertz CT molecular complexity index is 1540. The molecule has 5 aromatic rings. The fourth-order valence-electron chi connectivity index (χ4n) is 4.40. The van der Waals surface area contributed by atoms with Gasteiger partial charge >= 0.3 is 0 Å². The number of carbonyl (C=O) groups excluding carboxylic acids is 1. The lowest BCUT2D eigenvalue weighted by atomic mass is 10.1. The van der Waals surface area contributed by atoms with Gasteiger partial charge in [-0.15, -0.1) is 0 Å². The van der Waals surface area contributed by atoms with Crippen molar-refractivity contribution in [3.63, 3.8) is 0 Å². The number of nitrogens with zero attached hydrogens (tertiary/aromatic N) is 3. The van der Waals surface area contributed by atoms with E-state index in [1.807, 2.05) is 66.7 Å². The van der Waals surface area contributed by atoms with Gasteiger partial charge in [0.2, 0.25) is 5.91 Å². The molecular formula is C32H29FN4O2. The van der Waals surface area contributed by atoms with Crippen molar-refractivity contribution in [1.29, 1.82) is 0 Å². The molecule has 0 saturated carbocycles. The number of para-hydroxylation sites is 1. The van der Waals surface area contributed by atoms with Gasteiger partial charge in [0.15, 0.2) is 5.82 Å². The number of amides is 1. The van der Waals surface area contributed by atoms with Crippen LogP contribution in [0.1, 0.15) is 12.0 Å². The lowest BCUT2D eigenvalue weighted by Crippen LogP contribution is -2.31. The summed E-state index contributed by atoms with van der Waals surface area (Å²) in [4.78, 5) is 24.8. The molecule has 4 aromatic carbocycles. The predicted molar refractivity (Wildman–Crippen MR) is 154 cm³/mol. The molecule has 1 amide bonds. The molecule has 1 heterocycles. The van der Waals surface area contributed by atoms with Crippen molar-refractivity contribution in [3.8, 4) is 17.1 Å². The van der Waals surface area contributed by atoms with Crippen LogP contribution in [-0.4, -0.2) is 36.1 Å². The SMILES string of the molecule is COc1ccc(-c2nc(N(CCC(=O)Nc3ccc(F)cc3)CCc3ccccc3)c3ccccc3n2)cc1. The molecular weight excluding hydrogens is 491 g/mol. The maximum atomic E-state index is 13.3. The van der Waals surface area contributed by atoms with E-state index in [1.54, 1.807) is 19.2 Å². The molecule has 6 nitrogen and oxygen atoms in total. The molecule has 0 saturated heterocycles. The van der Waals surface area contributed by atoms with Crippen LogP contribution in [0.25, 0.3) is 22.3 Å². The highest BCUT2D eigenvalue weighted by atomic mass is 19.1. The molecule has 0 atom stereocenters. The van der Waals surface area contributed by atoms with Crippen LogP contribution in [0.15, 0.2) is 103 Å². The highest BCUT2D eigenvalue weighted by Gasteiger charge is 2.17. The molecule has 0 fully saturated rings. The second kappa shape index (κ2) is 12.2. The fraction of sp³-hybridized carbons (Fsp3) is 0.156. The second-order valence-corrected chi connectivity index (χ2v) is 9.14. The normalized spacial score (nSPS) is 10.8. The Labute approximate surface area is 227 Å². The van der Waals surface area contributed by atoms with Gasteiger partial charge in [0, 0.05) is 36.1 Å². The number of anilines is 2. The number of ether oxygens (including phenoxy) is 1. The maximum absolute atomic E-state index is 13.3. The second-order valence-electron chi connectivity index (χ2n) is 9.14. The average Bonchev–Trinajstić information content (AvgIpc) is 2.98. The van der Waals surface area contributed by atoms with Crippen LogP contribution in [0, 0.1) is 5.82 Å². The molecule has 0 aliphatic rings. The van der Waals surface area contributed by atoms with Crippen molar-refractivity contribution in [2.75, 3.05) is 30.4 Å². The van der Waals surface area contributed by atoms with Gasteiger partial charge in [0.05, 0.1) is 12.6 Å². The predicted octanol–water partition coefficient (Wildman–Crippen LogP) is 6.52. The Morgan fingerprint density at radius 2 is 1.56 bits per heavy atom. The monoisotopic (exact) mass is 520 g/mol. The summed E-state index contributed by atoms with van der Waals surface area (Å²) in [6.07, 6.45) is 1.03. The van der Waals surface area contributed by atoms with Crippen molar-refractivity contribution in [3.05, 3.63) is 115 Å².